The molecule has 0 bridgehead atoms. The first kappa shape index (κ1) is 9.75. The van der Waals surface area contributed by atoms with Crippen LogP contribution >= 0.6 is 0 Å². The molecular weight excluding hydrogens is 209 g/mol. The molecule has 2 rings (SSSR count). The second kappa shape index (κ2) is 3.41. The normalized spacial score (nSPS) is 11.9. The molecule has 0 aromatic carbocycles. The van der Waals surface area contributed by atoms with Gasteiger partial charge in [-0.1, -0.05) is 0 Å². The van der Waals surface area contributed by atoms with Crippen molar-refractivity contribution in [2.75, 3.05) is 11.9 Å². The van der Waals surface area contributed by atoms with Crippen LogP contribution in [-0.2, 0) is 0 Å². The van der Waals surface area contributed by atoms with E-state index in [-0.39, 0.29) is 5.82 Å². The van der Waals surface area contributed by atoms with E-state index in [1.807, 2.05) is 0 Å². The lowest BCUT2D eigenvalue weighted by Crippen LogP contribution is -2.21. The van der Waals surface area contributed by atoms with Crippen LogP contribution in [0.15, 0.2) is 24.5 Å². The maximum absolute atomic E-state index is 11.9. The predicted molar refractivity (Wildman–Crippen MR) is 47.5 cm³/mol. The molecule has 0 atom stereocenters. The van der Waals surface area contributed by atoms with Crippen molar-refractivity contribution in [3.05, 3.63) is 24.5 Å². The van der Waals surface area contributed by atoms with Gasteiger partial charge >= 0.3 is 6.18 Å². The Morgan fingerprint density at radius 1 is 1.33 bits per heavy atom. The topological polar surface area (TPSA) is 42.2 Å². The molecule has 0 aliphatic carbocycles. The maximum Gasteiger partial charge on any atom is 0.405 e. The summed E-state index contributed by atoms with van der Waals surface area (Å²) in [5.41, 5.74) is 0.502. The molecule has 7 heteroatoms. The fourth-order valence-electron chi connectivity index (χ4n) is 1.10. The van der Waals surface area contributed by atoms with E-state index in [1.165, 1.54) is 16.8 Å². The highest BCUT2D eigenvalue weighted by molar-refractivity contribution is 5.45. The summed E-state index contributed by atoms with van der Waals surface area (Å²) in [7, 11) is 0. The Morgan fingerprint density at radius 3 is 2.87 bits per heavy atom. The third-order valence-electron chi connectivity index (χ3n) is 1.73. The van der Waals surface area contributed by atoms with Crippen molar-refractivity contribution in [2.45, 2.75) is 6.18 Å². The summed E-state index contributed by atoms with van der Waals surface area (Å²) in [6, 6.07) is 3.05. The lowest BCUT2D eigenvalue weighted by molar-refractivity contribution is -0.115. The number of fused-ring (bicyclic) bond motifs is 1. The fraction of sp³-hybridized carbons (Fsp3) is 0.250. The minimum Gasteiger partial charge on any atom is -0.361 e. The second-order valence-corrected chi connectivity index (χ2v) is 2.92. The number of nitrogens with one attached hydrogen (secondary N) is 1. The quantitative estimate of drug-likeness (QED) is 0.830. The van der Waals surface area contributed by atoms with E-state index in [9.17, 15) is 13.2 Å². The monoisotopic (exact) mass is 216 g/mol. The number of rotatable bonds is 2. The highest BCUT2D eigenvalue weighted by Crippen LogP contribution is 2.15. The lowest BCUT2D eigenvalue weighted by atomic mass is 10.5. The van der Waals surface area contributed by atoms with Gasteiger partial charge in [-0.2, -0.15) is 18.3 Å². The Kier molecular flexibility index (Phi) is 2.22. The number of nitrogens with zero attached hydrogens (tertiary/aromatic N) is 3. The van der Waals surface area contributed by atoms with Gasteiger partial charge < -0.3 is 5.32 Å². The fourth-order valence-corrected chi connectivity index (χ4v) is 1.10. The van der Waals surface area contributed by atoms with E-state index < -0.39 is 12.7 Å². The average molecular weight is 216 g/mol. The summed E-state index contributed by atoms with van der Waals surface area (Å²) >= 11 is 0. The van der Waals surface area contributed by atoms with Gasteiger partial charge in [-0.15, -0.1) is 0 Å². The number of anilines is 1. The molecule has 0 spiro atoms. The molecule has 4 nitrogen and oxygen atoms in total. The van der Waals surface area contributed by atoms with Crippen molar-refractivity contribution in [3.8, 4) is 0 Å². The Labute approximate surface area is 82.7 Å². The smallest absolute Gasteiger partial charge is 0.361 e. The van der Waals surface area contributed by atoms with E-state index in [1.54, 1.807) is 12.3 Å². The number of halogens is 3. The van der Waals surface area contributed by atoms with Crippen LogP contribution in [0.4, 0.5) is 19.0 Å². The summed E-state index contributed by atoms with van der Waals surface area (Å²) in [6.07, 6.45) is -1.18. The van der Waals surface area contributed by atoms with Gasteiger partial charge in [0.25, 0.3) is 0 Å². The lowest BCUT2D eigenvalue weighted by Gasteiger charge is -2.08. The van der Waals surface area contributed by atoms with Gasteiger partial charge in [-0.3, -0.25) is 0 Å². The van der Waals surface area contributed by atoms with E-state index >= 15 is 0 Å². The van der Waals surface area contributed by atoms with Crippen molar-refractivity contribution < 1.29 is 13.2 Å². The minimum absolute atomic E-state index is 0.181. The van der Waals surface area contributed by atoms with E-state index in [4.69, 9.17) is 0 Å². The zero-order valence-electron chi connectivity index (χ0n) is 7.49. The summed E-state index contributed by atoms with van der Waals surface area (Å²) in [5.74, 6) is 0.181. The van der Waals surface area contributed by atoms with E-state index in [0.29, 0.717) is 5.65 Å². The number of alkyl halides is 3. The molecule has 2 heterocycles. The molecule has 0 saturated carbocycles. The van der Waals surface area contributed by atoms with Gasteiger partial charge in [0, 0.05) is 12.3 Å². The molecule has 0 unspecified atom stereocenters. The van der Waals surface area contributed by atoms with Crippen molar-refractivity contribution in [1.29, 1.82) is 0 Å². The zero-order chi connectivity index (χ0) is 10.9. The van der Waals surface area contributed by atoms with Crippen LogP contribution in [0.2, 0.25) is 0 Å². The molecule has 80 valence electrons. The number of hydrogen-bond donors (Lipinski definition) is 1. The van der Waals surface area contributed by atoms with Crippen molar-refractivity contribution in [3.63, 3.8) is 0 Å². The van der Waals surface area contributed by atoms with Crippen LogP contribution in [0.1, 0.15) is 0 Å². The Balaban J connectivity index is 2.15. The van der Waals surface area contributed by atoms with Crippen molar-refractivity contribution in [1.82, 2.24) is 14.6 Å². The Bertz CT molecular complexity index is 462. The maximum atomic E-state index is 11.9. The second-order valence-electron chi connectivity index (χ2n) is 2.92. The molecule has 0 fully saturated rings. The first-order valence-corrected chi connectivity index (χ1v) is 4.16. The van der Waals surface area contributed by atoms with Crippen LogP contribution in [0, 0.1) is 0 Å². The third kappa shape index (κ3) is 2.36. The molecule has 1 N–H and O–H groups in total. The van der Waals surface area contributed by atoms with E-state index in [2.05, 4.69) is 15.4 Å². The van der Waals surface area contributed by atoms with Gasteiger partial charge in [-0.05, 0) is 6.07 Å². The average Bonchev–Trinajstić information content (AvgIpc) is 2.60. The molecule has 15 heavy (non-hydrogen) atoms. The molecule has 0 aliphatic heterocycles. The minimum atomic E-state index is -4.24. The highest BCUT2D eigenvalue weighted by Gasteiger charge is 2.26. The molecule has 2 aromatic rings. The summed E-state index contributed by atoms with van der Waals surface area (Å²) in [6.45, 7) is -1.09. The number of aromatic nitrogens is 3. The van der Waals surface area contributed by atoms with Crippen molar-refractivity contribution in [2.24, 2.45) is 0 Å². The van der Waals surface area contributed by atoms with Gasteiger partial charge in [-0.25, -0.2) is 9.50 Å². The number of hydrogen-bond acceptors (Lipinski definition) is 3. The molecule has 0 amide bonds. The Hall–Kier alpha value is -1.79. The van der Waals surface area contributed by atoms with Crippen LogP contribution in [0.5, 0.6) is 0 Å². The predicted octanol–water partition coefficient (Wildman–Crippen LogP) is 1.70. The SMILES string of the molecule is FC(F)(F)CNc1ccn2nccc2n1. The molecule has 0 saturated heterocycles. The van der Waals surface area contributed by atoms with Gasteiger partial charge in [0.05, 0.1) is 6.20 Å². The zero-order valence-corrected chi connectivity index (χ0v) is 7.49. The van der Waals surface area contributed by atoms with Crippen LogP contribution in [0.3, 0.4) is 0 Å². The molecular formula is C8H7F3N4. The first-order valence-electron chi connectivity index (χ1n) is 4.16. The van der Waals surface area contributed by atoms with Gasteiger partial charge in [0.1, 0.15) is 12.4 Å². The molecule has 0 aliphatic rings. The van der Waals surface area contributed by atoms with E-state index in [0.717, 1.165) is 0 Å². The first-order chi connectivity index (χ1) is 7.04. The van der Waals surface area contributed by atoms with Gasteiger partial charge in [0.2, 0.25) is 0 Å². The highest BCUT2D eigenvalue weighted by atomic mass is 19.4. The third-order valence-corrected chi connectivity index (χ3v) is 1.73. The Morgan fingerprint density at radius 2 is 2.13 bits per heavy atom. The van der Waals surface area contributed by atoms with Crippen molar-refractivity contribution >= 4 is 11.5 Å². The summed E-state index contributed by atoms with van der Waals surface area (Å²) in [5, 5.41) is 6.06. The molecule has 0 radical (unpaired) electrons. The van der Waals surface area contributed by atoms with Crippen LogP contribution in [0.25, 0.3) is 5.65 Å². The van der Waals surface area contributed by atoms with Gasteiger partial charge in [0.15, 0.2) is 5.65 Å². The van der Waals surface area contributed by atoms with Crippen LogP contribution < -0.4 is 5.32 Å². The van der Waals surface area contributed by atoms with Crippen LogP contribution in [-0.4, -0.2) is 27.3 Å². The molecule has 2 aromatic heterocycles. The largest absolute Gasteiger partial charge is 0.405 e. The summed E-state index contributed by atoms with van der Waals surface area (Å²) in [4.78, 5) is 3.93. The standard InChI is InChI=1S/C8H7F3N4/c9-8(10,11)5-12-6-2-4-15-7(14-6)1-3-13-15/h1-4H,5H2,(H,12,14). The summed E-state index contributed by atoms with van der Waals surface area (Å²) < 4.78 is 37.1.